The highest BCUT2D eigenvalue weighted by molar-refractivity contribution is 7.13. The summed E-state index contributed by atoms with van der Waals surface area (Å²) in [5.74, 6) is 1.60. The van der Waals surface area contributed by atoms with Gasteiger partial charge in [-0.15, -0.1) is 21.5 Å². The molecule has 2 bridgehead atoms. The number of aromatic hydroxyl groups is 1. The number of thiazole rings is 1. The molecule has 2 amide bonds. The Balaban J connectivity index is 0.641. The molecule has 12 rings (SSSR count). The number of aromatic nitrogens is 5. The van der Waals surface area contributed by atoms with E-state index in [0.717, 1.165) is 116 Å². The van der Waals surface area contributed by atoms with Crippen molar-refractivity contribution in [1.82, 2.24) is 35.5 Å². The third kappa shape index (κ3) is 10.2. The molecule has 6 aliphatic rings. The first kappa shape index (κ1) is 49.4. The first-order valence-electron chi connectivity index (χ1n) is 26.5. The number of likely N-dealkylation sites (tertiary alicyclic amines) is 1. The SMILES string of the molecule is Cc1ncsc1-c1ccc([C@H](C)NC(=O)[C@@H]2CCCN2C(=O)[C@@H](c2cc(N3CCC(OC4CC(Oc5cc(N6CC7CCCC6CN7c6cc(-c7ccccc7O)nnc6N)ccn5)C4)CC3)no2)C(C)C)cc1. The number of nitrogens with two attached hydrogens (primary N) is 1. The first-order chi connectivity index (χ1) is 35.9. The number of ether oxygens (including phenoxy) is 2. The van der Waals surface area contributed by atoms with Crippen LogP contribution in [0.3, 0.4) is 0 Å². The van der Waals surface area contributed by atoms with Gasteiger partial charge in [0.05, 0.1) is 45.7 Å². The number of aryl methyl sites for hydroxylation is 1. The highest BCUT2D eigenvalue weighted by Crippen LogP contribution is 2.40. The van der Waals surface area contributed by atoms with Crippen LogP contribution in [0.4, 0.5) is 23.0 Å². The number of nitrogens with zero attached hydrogens (tertiary/aromatic N) is 9. The summed E-state index contributed by atoms with van der Waals surface area (Å²) in [7, 11) is 0. The summed E-state index contributed by atoms with van der Waals surface area (Å²) in [5, 5.41) is 26.8. The van der Waals surface area contributed by atoms with Gasteiger partial charge in [-0.25, -0.2) is 9.97 Å². The number of hydrogen-bond acceptors (Lipinski definition) is 16. The molecule has 74 heavy (non-hydrogen) atoms. The second kappa shape index (κ2) is 21.2. The van der Waals surface area contributed by atoms with Crippen LogP contribution in [0.2, 0.25) is 0 Å². The van der Waals surface area contributed by atoms with Crippen LogP contribution in [0, 0.1) is 12.8 Å². The highest BCUT2D eigenvalue weighted by Gasteiger charge is 2.42. The Bertz CT molecular complexity index is 2930. The van der Waals surface area contributed by atoms with E-state index in [-0.39, 0.29) is 59.9 Å². The average Bonchev–Trinajstić information content (AvgIpc) is 4.13. The minimum atomic E-state index is -0.559. The van der Waals surface area contributed by atoms with Crippen LogP contribution < -0.4 is 30.5 Å². The number of amides is 2. The third-order valence-electron chi connectivity index (χ3n) is 16.0. The molecule has 2 aromatic carbocycles. The Kier molecular flexibility index (Phi) is 14.2. The molecular weight excluding hydrogens is 955 g/mol. The van der Waals surface area contributed by atoms with Gasteiger partial charge >= 0.3 is 0 Å². The fraction of sp³-hybridized carbons (Fsp3) is 0.482. The summed E-state index contributed by atoms with van der Waals surface area (Å²) in [6.45, 7) is 11.7. The fourth-order valence-corrected chi connectivity index (χ4v) is 12.6. The summed E-state index contributed by atoms with van der Waals surface area (Å²) in [4.78, 5) is 47.1. The van der Waals surface area contributed by atoms with E-state index in [1.807, 2.05) is 75.8 Å². The van der Waals surface area contributed by atoms with E-state index >= 15 is 0 Å². The second-order valence-corrected chi connectivity index (χ2v) is 22.0. The van der Waals surface area contributed by atoms with Crippen molar-refractivity contribution in [3.63, 3.8) is 0 Å². The summed E-state index contributed by atoms with van der Waals surface area (Å²) < 4.78 is 19.0. The zero-order valence-corrected chi connectivity index (χ0v) is 43.5. The summed E-state index contributed by atoms with van der Waals surface area (Å²) >= 11 is 1.62. The van der Waals surface area contributed by atoms with Crippen LogP contribution in [0.25, 0.3) is 21.7 Å². The molecule has 9 heterocycles. The number of benzene rings is 2. The van der Waals surface area contributed by atoms with Crippen molar-refractivity contribution in [2.45, 2.75) is 134 Å². The van der Waals surface area contributed by atoms with Gasteiger partial charge in [0.25, 0.3) is 0 Å². The van der Waals surface area contributed by atoms with E-state index < -0.39 is 12.0 Å². The molecule has 4 N–H and O–H groups in total. The first-order valence-corrected chi connectivity index (χ1v) is 27.4. The molecule has 6 fully saturated rings. The van der Waals surface area contributed by atoms with Gasteiger partial charge in [-0.3, -0.25) is 9.59 Å². The van der Waals surface area contributed by atoms with Gasteiger partial charge in [-0.05, 0) is 100 Å². The van der Waals surface area contributed by atoms with Gasteiger partial charge in [0.15, 0.2) is 17.4 Å². The molecule has 17 nitrogen and oxygen atoms in total. The molecule has 5 atom stereocenters. The van der Waals surface area contributed by atoms with Gasteiger partial charge in [-0.2, -0.15) is 0 Å². The van der Waals surface area contributed by atoms with Gasteiger partial charge < -0.3 is 49.8 Å². The Morgan fingerprint density at radius 2 is 1.62 bits per heavy atom. The van der Waals surface area contributed by atoms with Crippen LogP contribution in [0.1, 0.15) is 108 Å². The molecule has 5 saturated heterocycles. The quantitative estimate of drug-likeness (QED) is 0.0881. The van der Waals surface area contributed by atoms with Crippen molar-refractivity contribution in [1.29, 1.82) is 0 Å². The number of phenols is 1. The minimum Gasteiger partial charge on any atom is -0.507 e. The van der Waals surface area contributed by atoms with Crippen LogP contribution >= 0.6 is 11.3 Å². The van der Waals surface area contributed by atoms with Gasteiger partial charge in [-0.1, -0.05) is 55.4 Å². The number of anilines is 4. The molecule has 5 aliphatic heterocycles. The number of hydrogen-bond donors (Lipinski definition) is 3. The molecule has 6 aromatic rings. The fourth-order valence-electron chi connectivity index (χ4n) is 11.8. The summed E-state index contributed by atoms with van der Waals surface area (Å²) in [6.07, 6.45) is 10.1. The topological polar surface area (TPSA) is 201 Å². The number of carbonyl (C=O) groups is 2. The molecule has 0 spiro atoms. The van der Waals surface area contributed by atoms with Crippen molar-refractivity contribution in [3.8, 4) is 33.3 Å². The van der Waals surface area contributed by atoms with E-state index in [0.29, 0.717) is 41.7 Å². The molecular formula is C56H67N11O6S. The van der Waals surface area contributed by atoms with E-state index in [2.05, 4.69) is 69.6 Å². The van der Waals surface area contributed by atoms with E-state index in [1.165, 1.54) is 0 Å². The minimum absolute atomic E-state index is 0.0425. The second-order valence-electron chi connectivity index (χ2n) is 21.2. The smallest absolute Gasteiger partial charge is 0.243 e. The molecule has 2 unspecified atom stereocenters. The number of piperazine rings is 1. The van der Waals surface area contributed by atoms with Crippen molar-refractivity contribution >= 4 is 46.2 Å². The van der Waals surface area contributed by atoms with Crippen molar-refractivity contribution in [2.75, 3.05) is 53.2 Å². The normalized spacial score (nSPS) is 22.9. The molecule has 1 aliphatic carbocycles. The predicted molar refractivity (Wildman–Crippen MR) is 285 cm³/mol. The number of rotatable bonds is 15. The monoisotopic (exact) mass is 1020 g/mol. The number of fused-ring (bicyclic) bond motifs is 4. The lowest BCUT2D eigenvalue weighted by Gasteiger charge is -2.46. The number of piperidine rings is 1. The molecule has 388 valence electrons. The molecule has 1 saturated carbocycles. The third-order valence-corrected chi connectivity index (χ3v) is 17.0. The maximum absolute atomic E-state index is 14.3. The lowest BCUT2D eigenvalue weighted by atomic mass is 9.91. The van der Waals surface area contributed by atoms with Crippen LogP contribution in [-0.4, -0.2) is 116 Å². The average molecular weight is 1020 g/mol. The number of nitrogen functional groups attached to an aromatic ring is 1. The number of para-hydroxylation sites is 1. The summed E-state index contributed by atoms with van der Waals surface area (Å²) in [5.41, 5.74) is 14.6. The van der Waals surface area contributed by atoms with Crippen LogP contribution in [-0.2, 0) is 14.3 Å². The largest absolute Gasteiger partial charge is 0.507 e. The van der Waals surface area contributed by atoms with E-state index in [9.17, 15) is 14.7 Å². The Morgan fingerprint density at radius 1 is 0.851 bits per heavy atom. The van der Waals surface area contributed by atoms with Gasteiger partial charge in [0, 0.05) is 87.2 Å². The highest BCUT2D eigenvalue weighted by atomic mass is 32.1. The maximum atomic E-state index is 14.3. The lowest BCUT2D eigenvalue weighted by Crippen LogP contribution is -2.57. The Morgan fingerprint density at radius 3 is 2.38 bits per heavy atom. The van der Waals surface area contributed by atoms with E-state index in [1.54, 1.807) is 28.4 Å². The zero-order valence-electron chi connectivity index (χ0n) is 42.7. The van der Waals surface area contributed by atoms with Gasteiger partial charge in [0.1, 0.15) is 23.8 Å². The van der Waals surface area contributed by atoms with Crippen molar-refractivity contribution < 1.29 is 28.7 Å². The lowest BCUT2D eigenvalue weighted by molar-refractivity contribution is -0.141. The maximum Gasteiger partial charge on any atom is 0.243 e. The van der Waals surface area contributed by atoms with Crippen molar-refractivity contribution in [2.24, 2.45) is 5.92 Å². The Labute approximate surface area is 436 Å². The number of pyridine rings is 1. The Hall–Kier alpha value is -6.79. The zero-order chi connectivity index (χ0) is 51.0. The molecule has 4 aromatic heterocycles. The molecule has 0 radical (unpaired) electrons. The van der Waals surface area contributed by atoms with Crippen LogP contribution in [0.5, 0.6) is 11.6 Å². The van der Waals surface area contributed by atoms with Crippen molar-refractivity contribution in [3.05, 3.63) is 102 Å². The number of phenolic OH excluding ortho intramolecular Hbond substituents is 1. The predicted octanol–water partition coefficient (Wildman–Crippen LogP) is 8.70. The molecule has 18 heteroatoms. The van der Waals surface area contributed by atoms with Crippen LogP contribution in [0.15, 0.2) is 89.0 Å². The van der Waals surface area contributed by atoms with E-state index in [4.69, 9.17) is 19.7 Å². The number of carbonyl (C=O) groups excluding carboxylic acids is 2. The summed E-state index contributed by atoms with van der Waals surface area (Å²) in [6, 6.07) is 23.2. The standard InChI is InChI=1S/C56H67N11O6S/c1-33(2)52(56(70)65-22-8-12-46(65)55(69)60-34(3)36-14-16-37(17-15-36)53-35(4)59-32-74-53)49-29-50(63-73-49)64-23-19-41(20-24-64)71-42-26-43(27-42)72-51-25-38(18-21-58-51)66-30-40-10-7-9-39(66)31-67(40)47-28-45(61-62-54(47)57)44-11-5-6-13-48(44)68/h5-6,11,13-18,21,25,28-29,32-34,39-43,46,52,68H,7-10,12,19-20,22-24,26-27,30-31H2,1-4H3,(H2,57,62)(H,60,69)/t34-,39?,40?,42?,43?,46-,52+/m0/s1. The van der Waals surface area contributed by atoms with Gasteiger partial charge in [0.2, 0.25) is 17.7 Å². The number of nitrogens with one attached hydrogen (secondary N) is 1.